The molecule has 0 aliphatic carbocycles. The Morgan fingerprint density at radius 3 is 2.84 bits per heavy atom. The Hall–Kier alpha value is -2.87. The molecule has 0 bridgehead atoms. The van der Waals surface area contributed by atoms with Gasteiger partial charge in [0.05, 0.1) is 16.9 Å². The van der Waals surface area contributed by atoms with Gasteiger partial charge < -0.3 is 20.5 Å². The fourth-order valence-corrected chi connectivity index (χ4v) is 1.90. The van der Waals surface area contributed by atoms with Crippen LogP contribution in [0.5, 0.6) is 11.5 Å². The number of nitrogens with one attached hydrogen (secondary N) is 1. The number of nitrogens with two attached hydrogens (primary N) is 1. The highest BCUT2D eigenvalue weighted by Gasteiger charge is 2.13. The minimum atomic E-state index is 0.241. The minimum absolute atomic E-state index is 0.241. The molecule has 3 N–H and O–H groups in total. The van der Waals surface area contributed by atoms with E-state index in [1.165, 1.54) is 0 Å². The summed E-state index contributed by atoms with van der Waals surface area (Å²) >= 11 is 0. The molecule has 3 rings (SSSR count). The van der Waals surface area contributed by atoms with E-state index in [0.29, 0.717) is 22.7 Å². The SMILES string of the molecule is N#Cc1cccc(Nc2ccc3c(c2)OCO3)c1N. The maximum absolute atomic E-state index is 8.94. The highest BCUT2D eigenvalue weighted by atomic mass is 16.7. The van der Waals surface area contributed by atoms with Crippen molar-refractivity contribution in [3.05, 3.63) is 42.0 Å². The van der Waals surface area contributed by atoms with Gasteiger partial charge in [0.1, 0.15) is 6.07 Å². The number of hydrogen-bond donors (Lipinski definition) is 2. The van der Waals surface area contributed by atoms with Crippen LogP contribution < -0.4 is 20.5 Å². The van der Waals surface area contributed by atoms with E-state index in [2.05, 4.69) is 11.4 Å². The summed E-state index contributed by atoms with van der Waals surface area (Å²) in [4.78, 5) is 0. The molecule has 1 aliphatic rings. The van der Waals surface area contributed by atoms with Crippen LogP contribution in [0.4, 0.5) is 17.1 Å². The second-order valence-electron chi connectivity index (χ2n) is 4.07. The second kappa shape index (κ2) is 4.42. The van der Waals surface area contributed by atoms with Gasteiger partial charge in [0.2, 0.25) is 6.79 Å². The zero-order valence-corrected chi connectivity index (χ0v) is 10.0. The Labute approximate surface area is 110 Å². The molecule has 0 amide bonds. The molecule has 2 aromatic carbocycles. The number of rotatable bonds is 2. The van der Waals surface area contributed by atoms with Crippen LogP contribution in [0.3, 0.4) is 0 Å². The van der Waals surface area contributed by atoms with Crippen molar-refractivity contribution in [3.8, 4) is 17.6 Å². The van der Waals surface area contributed by atoms with Gasteiger partial charge >= 0.3 is 0 Å². The quantitative estimate of drug-likeness (QED) is 0.804. The normalized spacial score (nSPS) is 11.9. The molecule has 0 saturated heterocycles. The lowest BCUT2D eigenvalue weighted by molar-refractivity contribution is 0.174. The molecule has 0 spiro atoms. The molecule has 0 saturated carbocycles. The summed E-state index contributed by atoms with van der Waals surface area (Å²) in [5.74, 6) is 1.42. The molecule has 2 aromatic rings. The van der Waals surface area contributed by atoms with E-state index in [4.69, 9.17) is 20.5 Å². The fraction of sp³-hybridized carbons (Fsp3) is 0.0714. The van der Waals surface area contributed by atoms with Crippen molar-refractivity contribution in [2.75, 3.05) is 17.8 Å². The first-order valence-corrected chi connectivity index (χ1v) is 5.73. The van der Waals surface area contributed by atoms with E-state index >= 15 is 0 Å². The van der Waals surface area contributed by atoms with Crippen molar-refractivity contribution in [3.63, 3.8) is 0 Å². The number of para-hydroxylation sites is 1. The zero-order chi connectivity index (χ0) is 13.2. The number of fused-ring (bicyclic) bond motifs is 1. The van der Waals surface area contributed by atoms with Crippen LogP contribution in [-0.2, 0) is 0 Å². The number of benzene rings is 2. The van der Waals surface area contributed by atoms with Crippen LogP contribution in [0.15, 0.2) is 36.4 Å². The third kappa shape index (κ3) is 2.00. The van der Waals surface area contributed by atoms with Gasteiger partial charge in [0.15, 0.2) is 11.5 Å². The predicted molar refractivity (Wildman–Crippen MR) is 71.4 cm³/mol. The molecular weight excluding hydrogens is 242 g/mol. The van der Waals surface area contributed by atoms with Crippen molar-refractivity contribution >= 4 is 17.1 Å². The average Bonchev–Trinajstić information content (AvgIpc) is 2.88. The first-order chi connectivity index (χ1) is 9.28. The van der Waals surface area contributed by atoms with Crippen molar-refractivity contribution in [1.29, 1.82) is 5.26 Å². The summed E-state index contributed by atoms with van der Waals surface area (Å²) in [6.45, 7) is 0.241. The van der Waals surface area contributed by atoms with Gasteiger partial charge in [-0.3, -0.25) is 0 Å². The van der Waals surface area contributed by atoms with Gasteiger partial charge in [-0.05, 0) is 24.3 Å². The lowest BCUT2D eigenvalue weighted by atomic mass is 10.1. The van der Waals surface area contributed by atoms with Crippen LogP contribution in [0.2, 0.25) is 0 Å². The van der Waals surface area contributed by atoms with Crippen LogP contribution in [0.25, 0.3) is 0 Å². The molecule has 0 unspecified atom stereocenters. The fourth-order valence-electron chi connectivity index (χ4n) is 1.90. The maximum Gasteiger partial charge on any atom is 0.231 e. The van der Waals surface area contributed by atoms with Gasteiger partial charge in [-0.2, -0.15) is 5.26 Å². The van der Waals surface area contributed by atoms with Crippen molar-refractivity contribution in [1.82, 2.24) is 0 Å². The molecular formula is C14H11N3O2. The van der Waals surface area contributed by atoms with E-state index in [0.717, 1.165) is 11.4 Å². The van der Waals surface area contributed by atoms with E-state index in [1.807, 2.05) is 24.3 Å². The highest BCUT2D eigenvalue weighted by Crippen LogP contribution is 2.36. The van der Waals surface area contributed by atoms with Crippen LogP contribution in [0, 0.1) is 11.3 Å². The number of nitrogen functional groups attached to an aromatic ring is 1. The monoisotopic (exact) mass is 253 g/mol. The molecule has 1 heterocycles. The highest BCUT2D eigenvalue weighted by molar-refractivity contribution is 5.77. The Bertz CT molecular complexity index is 677. The lowest BCUT2D eigenvalue weighted by Gasteiger charge is -2.10. The summed E-state index contributed by atoms with van der Waals surface area (Å²) in [7, 11) is 0. The summed E-state index contributed by atoms with van der Waals surface area (Å²) in [6.07, 6.45) is 0. The molecule has 0 fully saturated rings. The molecule has 5 nitrogen and oxygen atoms in total. The Morgan fingerprint density at radius 2 is 2.00 bits per heavy atom. The second-order valence-corrected chi connectivity index (χ2v) is 4.07. The smallest absolute Gasteiger partial charge is 0.231 e. The zero-order valence-electron chi connectivity index (χ0n) is 10.0. The summed E-state index contributed by atoms with van der Waals surface area (Å²) in [6, 6.07) is 12.9. The van der Waals surface area contributed by atoms with Gasteiger partial charge in [-0.25, -0.2) is 0 Å². The first kappa shape index (κ1) is 11.2. The third-order valence-corrected chi connectivity index (χ3v) is 2.88. The van der Waals surface area contributed by atoms with Crippen molar-refractivity contribution in [2.24, 2.45) is 0 Å². The summed E-state index contributed by atoms with van der Waals surface area (Å²) in [5, 5.41) is 12.1. The Morgan fingerprint density at radius 1 is 1.16 bits per heavy atom. The largest absolute Gasteiger partial charge is 0.454 e. The van der Waals surface area contributed by atoms with Crippen LogP contribution in [0.1, 0.15) is 5.56 Å². The number of ether oxygens (including phenoxy) is 2. The van der Waals surface area contributed by atoms with Crippen LogP contribution >= 0.6 is 0 Å². The van der Waals surface area contributed by atoms with Crippen molar-refractivity contribution < 1.29 is 9.47 Å². The van der Waals surface area contributed by atoms with Crippen molar-refractivity contribution in [2.45, 2.75) is 0 Å². The molecule has 19 heavy (non-hydrogen) atoms. The van der Waals surface area contributed by atoms with E-state index in [1.54, 1.807) is 12.1 Å². The predicted octanol–water partition coefficient (Wildman–Crippen LogP) is 2.61. The van der Waals surface area contributed by atoms with E-state index < -0.39 is 0 Å². The van der Waals surface area contributed by atoms with Crippen LogP contribution in [-0.4, -0.2) is 6.79 Å². The first-order valence-electron chi connectivity index (χ1n) is 5.73. The van der Waals surface area contributed by atoms with Gasteiger partial charge in [0, 0.05) is 11.8 Å². The Balaban J connectivity index is 1.92. The maximum atomic E-state index is 8.94. The lowest BCUT2D eigenvalue weighted by Crippen LogP contribution is -1.98. The summed E-state index contributed by atoms with van der Waals surface area (Å²) < 4.78 is 10.6. The molecule has 0 atom stereocenters. The van der Waals surface area contributed by atoms with Gasteiger partial charge in [-0.1, -0.05) is 6.07 Å². The molecule has 0 radical (unpaired) electrons. The van der Waals surface area contributed by atoms with E-state index in [-0.39, 0.29) is 6.79 Å². The van der Waals surface area contributed by atoms with E-state index in [9.17, 15) is 0 Å². The third-order valence-electron chi connectivity index (χ3n) is 2.88. The number of hydrogen-bond acceptors (Lipinski definition) is 5. The number of nitrogens with zero attached hydrogens (tertiary/aromatic N) is 1. The number of nitriles is 1. The molecule has 5 heteroatoms. The Kier molecular flexibility index (Phi) is 2.62. The minimum Gasteiger partial charge on any atom is -0.454 e. The van der Waals surface area contributed by atoms with Gasteiger partial charge in [-0.15, -0.1) is 0 Å². The number of anilines is 3. The summed E-state index contributed by atoms with van der Waals surface area (Å²) in [5.41, 5.74) is 8.31. The van der Waals surface area contributed by atoms with Gasteiger partial charge in [0.25, 0.3) is 0 Å². The average molecular weight is 253 g/mol. The molecule has 94 valence electrons. The topological polar surface area (TPSA) is 80.3 Å². The molecule has 0 aromatic heterocycles. The molecule has 1 aliphatic heterocycles. The standard InChI is InChI=1S/C14H11N3O2/c15-7-9-2-1-3-11(14(9)16)17-10-4-5-12-13(6-10)19-8-18-12/h1-6,17H,8,16H2.